The summed E-state index contributed by atoms with van der Waals surface area (Å²) in [5.74, 6) is 0.872. The van der Waals surface area contributed by atoms with E-state index in [2.05, 4.69) is 73.4 Å². The molecule has 1 saturated heterocycles. The summed E-state index contributed by atoms with van der Waals surface area (Å²) in [5, 5.41) is 0. The minimum absolute atomic E-state index is 0.253. The number of hydrogen-bond acceptors (Lipinski definition) is 3. The van der Waals surface area contributed by atoms with Crippen LogP contribution in [0.2, 0.25) is 0 Å². The van der Waals surface area contributed by atoms with Crippen LogP contribution in [0, 0.1) is 6.92 Å². The van der Waals surface area contributed by atoms with Gasteiger partial charge in [-0.05, 0) is 56.1 Å². The summed E-state index contributed by atoms with van der Waals surface area (Å²) >= 11 is 0. The molecular formula is C24H31NO2. The van der Waals surface area contributed by atoms with Crippen LogP contribution in [-0.4, -0.2) is 37.9 Å². The topological polar surface area (TPSA) is 21.7 Å². The van der Waals surface area contributed by atoms with Gasteiger partial charge in [-0.25, -0.2) is 0 Å². The molecule has 2 aromatic carbocycles. The summed E-state index contributed by atoms with van der Waals surface area (Å²) in [4.78, 5) is 2.58. The highest BCUT2D eigenvalue weighted by atomic mass is 16.7. The second-order valence-corrected chi connectivity index (χ2v) is 7.19. The first-order chi connectivity index (χ1) is 13.2. The Balaban J connectivity index is 2.08. The minimum atomic E-state index is 0.253. The monoisotopic (exact) mass is 365 g/mol. The molecule has 1 aliphatic heterocycles. The van der Waals surface area contributed by atoms with Crippen LogP contribution in [0.1, 0.15) is 42.9 Å². The molecular weight excluding hydrogens is 334 g/mol. The maximum atomic E-state index is 5.91. The highest BCUT2D eigenvalue weighted by Crippen LogP contribution is 2.34. The zero-order valence-electron chi connectivity index (χ0n) is 16.8. The molecule has 27 heavy (non-hydrogen) atoms. The summed E-state index contributed by atoms with van der Waals surface area (Å²) in [6.45, 7) is 6.91. The highest BCUT2D eigenvalue weighted by molar-refractivity contribution is 5.83. The van der Waals surface area contributed by atoms with E-state index in [1.807, 2.05) is 0 Å². The Morgan fingerprint density at radius 1 is 1.15 bits per heavy atom. The van der Waals surface area contributed by atoms with Crippen molar-refractivity contribution in [3.05, 3.63) is 71.3 Å². The summed E-state index contributed by atoms with van der Waals surface area (Å²) < 4.78 is 11.1. The van der Waals surface area contributed by atoms with Crippen LogP contribution in [0.15, 0.2) is 54.6 Å². The van der Waals surface area contributed by atoms with Crippen LogP contribution in [-0.2, 0) is 4.74 Å². The van der Waals surface area contributed by atoms with Crippen LogP contribution < -0.4 is 4.74 Å². The van der Waals surface area contributed by atoms with E-state index >= 15 is 0 Å². The Hall–Kier alpha value is -2.10. The van der Waals surface area contributed by atoms with Crippen molar-refractivity contribution >= 4 is 5.57 Å². The van der Waals surface area contributed by atoms with Crippen molar-refractivity contribution in [1.82, 2.24) is 4.90 Å². The number of likely N-dealkylation sites (tertiary alicyclic amines) is 1. The maximum Gasteiger partial charge on any atom is 0.188 e. The lowest BCUT2D eigenvalue weighted by Crippen LogP contribution is -2.38. The molecule has 0 saturated carbocycles. The maximum absolute atomic E-state index is 5.91. The molecule has 1 fully saturated rings. The van der Waals surface area contributed by atoms with Crippen LogP contribution in [0.3, 0.4) is 0 Å². The smallest absolute Gasteiger partial charge is 0.188 e. The fourth-order valence-electron chi connectivity index (χ4n) is 3.85. The predicted molar refractivity (Wildman–Crippen MR) is 112 cm³/mol. The van der Waals surface area contributed by atoms with Gasteiger partial charge in [0.15, 0.2) is 6.79 Å². The number of piperidine rings is 1. The third-order valence-corrected chi connectivity index (χ3v) is 5.27. The van der Waals surface area contributed by atoms with Crippen molar-refractivity contribution in [3.63, 3.8) is 0 Å². The molecule has 3 heteroatoms. The van der Waals surface area contributed by atoms with Gasteiger partial charge in [0.05, 0.1) is 0 Å². The first kappa shape index (κ1) is 19.7. The fraction of sp³-hybridized carbons (Fsp3) is 0.417. The lowest BCUT2D eigenvalue weighted by molar-refractivity contribution is 0.0509. The first-order valence-corrected chi connectivity index (χ1v) is 9.97. The molecule has 2 aromatic rings. The quantitative estimate of drug-likeness (QED) is 0.623. The van der Waals surface area contributed by atoms with Crippen LogP contribution in [0.25, 0.3) is 5.57 Å². The van der Waals surface area contributed by atoms with E-state index in [-0.39, 0.29) is 6.79 Å². The van der Waals surface area contributed by atoms with E-state index in [4.69, 9.17) is 9.47 Å². The molecule has 1 aliphatic rings. The van der Waals surface area contributed by atoms with E-state index in [0.29, 0.717) is 6.04 Å². The van der Waals surface area contributed by atoms with Crippen molar-refractivity contribution in [3.8, 4) is 5.75 Å². The summed E-state index contributed by atoms with van der Waals surface area (Å²) in [6, 6.07) is 17.5. The second-order valence-electron chi connectivity index (χ2n) is 7.19. The van der Waals surface area contributed by atoms with Crippen LogP contribution in [0.4, 0.5) is 0 Å². The van der Waals surface area contributed by atoms with Gasteiger partial charge < -0.3 is 9.47 Å². The molecule has 1 atom stereocenters. The fourth-order valence-corrected chi connectivity index (χ4v) is 3.85. The average Bonchev–Trinajstić information content (AvgIpc) is 2.72. The molecule has 0 radical (unpaired) electrons. The largest absolute Gasteiger partial charge is 0.467 e. The summed E-state index contributed by atoms with van der Waals surface area (Å²) in [7, 11) is 1.66. The molecule has 0 amide bonds. The molecule has 0 bridgehead atoms. The summed E-state index contributed by atoms with van der Waals surface area (Å²) in [6.07, 6.45) is 6.25. The van der Waals surface area contributed by atoms with E-state index < -0.39 is 0 Å². The molecule has 0 N–H and O–H groups in total. The van der Waals surface area contributed by atoms with E-state index in [1.54, 1.807) is 7.11 Å². The second kappa shape index (κ2) is 9.72. The van der Waals surface area contributed by atoms with Gasteiger partial charge in [-0.15, -0.1) is 0 Å². The standard InChI is InChI=1S/C24H31NO2/c1-4-25-15-9-8-12-21(25)17-22(20-10-6-5-7-11-20)23-16-19(2)13-14-24(23)27-18-26-3/h5-7,10-11,13-14,16-17,21H,4,8-9,12,15,18H2,1-3H3/b22-17+. The Morgan fingerprint density at radius 3 is 2.70 bits per heavy atom. The molecule has 144 valence electrons. The number of hydrogen-bond donors (Lipinski definition) is 0. The van der Waals surface area contributed by atoms with Gasteiger partial charge in [0.2, 0.25) is 0 Å². The van der Waals surface area contributed by atoms with Gasteiger partial charge in [-0.2, -0.15) is 0 Å². The minimum Gasteiger partial charge on any atom is -0.467 e. The number of nitrogens with zero attached hydrogens (tertiary/aromatic N) is 1. The van der Waals surface area contributed by atoms with Crippen LogP contribution >= 0.6 is 0 Å². The summed E-state index contributed by atoms with van der Waals surface area (Å²) in [5.41, 5.74) is 4.84. The Kier molecular flexibility index (Phi) is 7.08. The Morgan fingerprint density at radius 2 is 1.96 bits per heavy atom. The average molecular weight is 366 g/mol. The van der Waals surface area contributed by atoms with Crippen molar-refractivity contribution < 1.29 is 9.47 Å². The molecule has 0 aromatic heterocycles. The molecule has 3 rings (SSSR count). The third kappa shape index (κ3) is 5.00. The van der Waals surface area contributed by atoms with Crippen molar-refractivity contribution in [1.29, 1.82) is 0 Å². The van der Waals surface area contributed by atoms with E-state index in [0.717, 1.165) is 17.9 Å². The predicted octanol–water partition coefficient (Wildman–Crippen LogP) is 5.28. The highest BCUT2D eigenvalue weighted by Gasteiger charge is 2.21. The third-order valence-electron chi connectivity index (χ3n) is 5.27. The van der Waals surface area contributed by atoms with Crippen molar-refractivity contribution in [2.24, 2.45) is 0 Å². The van der Waals surface area contributed by atoms with Gasteiger partial charge in [0, 0.05) is 18.7 Å². The van der Waals surface area contributed by atoms with E-state index in [1.165, 1.54) is 42.5 Å². The van der Waals surface area contributed by atoms with Gasteiger partial charge in [-0.3, -0.25) is 4.90 Å². The number of ether oxygens (including phenoxy) is 2. The Labute approximate surface area is 163 Å². The number of benzene rings is 2. The zero-order valence-corrected chi connectivity index (χ0v) is 16.8. The number of rotatable bonds is 7. The molecule has 1 unspecified atom stereocenters. The molecule has 1 heterocycles. The molecule has 0 spiro atoms. The molecule has 3 nitrogen and oxygen atoms in total. The first-order valence-electron chi connectivity index (χ1n) is 9.97. The van der Waals surface area contributed by atoms with Crippen molar-refractivity contribution in [2.75, 3.05) is 27.0 Å². The number of methoxy groups -OCH3 is 1. The number of aryl methyl sites for hydroxylation is 1. The number of likely N-dealkylation sites (N-methyl/N-ethyl adjacent to an activating group) is 1. The SMILES string of the molecule is CCN1CCCCC1/C=C(\c1ccccc1)c1cc(C)ccc1OCOC. The van der Waals surface area contributed by atoms with Gasteiger partial charge >= 0.3 is 0 Å². The van der Waals surface area contributed by atoms with Gasteiger partial charge in [0.1, 0.15) is 5.75 Å². The van der Waals surface area contributed by atoms with Gasteiger partial charge in [-0.1, -0.05) is 61.4 Å². The van der Waals surface area contributed by atoms with Crippen molar-refractivity contribution in [2.45, 2.75) is 39.2 Å². The van der Waals surface area contributed by atoms with Crippen LogP contribution in [0.5, 0.6) is 5.75 Å². The Bertz CT molecular complexity index is 754. The zero-order chi connectivity index (χ0) is 19.1. The van der Waals surface area contributed by atoms with E-state index in [9.17, 15) is 0 Å². The lowest BCUT2D eigenvalue weighted by atomic mass is 9.91. The molecule has 0 aliphatic carbocycles. The normalized spacial score (nSPS) is 18.5. The lowest BCUT2D eigenvalue weighted by Gasteiger charge is -2.33. The van der Waals surface area contributed by atoms with Gasteiger partial charge in [0.25, 0.3) is 0 Å².